The van der Waals surface area contributed by atoms with Crippen molar-refractivity contribution < 1.29 is 9.90 Å². The van der Waals surface area contributed by atoms with Crippen molar-refractivity contribution in [3.63, 3.8) is 0 Å². The van der Waals surface area contributed by atoms with Crippen LogP contribution in [0.3, 0.4) is 0 Å². The average Bonchev–Trinajstić information content (AvgIpc) is 2.33. The molecule has 20 heavy (non-hydrogen) atoms. The fraction of sp³-hybridized carbons (Fsp3) is 0.375. The maximum Gasteiger partial charge on any atom is 0.313 e. The third-order valence-electron chi connectivity index (χ3n) is 3.90. The molecule has 2 aromatic rings. The van der Waals surface area contributed by atoms with Crippen LogP contribution in [-0.4, -0.2) is 15.6 Å². The number of carboxylic acid groups (broad SMARTS) is 1. The number of nitrogens with zero attached hydrogens (tertiary/aromatic N) is 1. The van der Waals surface area contributed by atoms with E-state index in [2.05, 4.69) is 0 Å². The quantitative estimate of drug-likeness (QED) is 0.914. The molecule has 0 unspecified atom stereocenters. The fourth-order valence-corrected chi connectivity index (χ4v) is 2.48. The lowest BCUT2D eigenvalue weighted by molar-refractivity contribution is -0.142. The minimum Gasteiger partial charge on any atom is -0.481 e. The predicted molar refractivity (Wildman–Crippen MR) is 79.3 cm³/mol. The molecule has 106 valence electrons. The number of pyridine rings is 1. The highest BCUT2D eigenvalue weighted by molar-refractivity contribution is 5.87. The average molecular weight is 273 g/mol. The number of hydrogen-bond donors (Lipinski definition) is 1. The molecule has 1 aromatic heterocycles. The van der Waals surface area contributed by atoms with Gasteiger partial charge in [0.05, 0.1) is 10.9 Å². The van der Waals surface area contributed by atoms with E-state index in [1.807, 2.05) is 26.0 Å². The molecule has 2 rings (SSSR count). The summed E-state index contributed by atoms with van der Waals surface area (Å²) in [5.41, 5.74) is 1.80. The van der Waals surface area contributed by atoms with Crippen molar-refractivity contribution in [1.29, 1.82) is 0 Å². The molecule has 0 bridgehead atoms. The van der Waals surface area contributed by atoms with Crippen molar-refractivity contribution in [2.75, 3.05) is 0 Å². The summed E-state index contributed by atoms with van der Waals surface area (Å²) < 4.78 is 1.54. The number of hydrogen-bond acceptors (Lipinski definition) is 2. The predicted octanol–water partition coefficient (Wildman–Crippen LogP) is 2.52. The number of carboxylic acids is 1. The Morgan fingerprint density at radius 3 is 2.35 bits per heavy atom. The summed E-state index contributed by atoms with van der Waals surface area (Å²) >= 11 is 0. The van der Waals surface area contributed by atoms with E-state index in [0.29, 0.717) is 5.56 Å². The fourth-order valence-electron chi connectivity index (χ4n) is 2.48. The number of carbonyl (C=O) groups is 1. The first-order valence-electron chi connectivity index (χ1n) is 6.51. The van der Waals surface area contributed by atoms with Crippen molar-refractivity contribution in [2.24, 2.45) is 7.05 Å². The highest BCUT2D eigenvalue weighted by Gasteiger charge is 2.33. The second-order valence-corrected chi connectivity index (χ2v) is 5.87. The van der Waals surface area contributed by atoms with Gasteiger partial charge in [0.25, 0.3) is 5.56 Å². The Morgan fingerprint density at radius 1 is 1.20 bits per heavy atom. The van der Waals surface area contributed by atoms with Gasteiger partial charge >= 0.3 is 5.97 Å². The standard InChI is InChI=1S/C16H19NO3/c1-9-6-10(2)11-8-12(16(3,4)15(19)20)14(18)17(5)13(11)7-9/h6-8H,1-5H3,(H,19,20). The number of fused-ring (bicyclic) bond motifs is 1. The molecule has 1 N–H and O–H groups in total. The number of rotatable bonds is 2. The number of aliphatic carboxylic acids is 1. The van der Waals surface area contributed by atoms with Crippen LogP contribution in [0.5, 0.6) is 0 Å². The Morgan fingerprint density at radius 2 is 1.80 bits per heavy atom. The monoisotopic (exact) mass is 273 g/mol. The van der Waals surface area contributed by atoms with Gasteiger partial charge in [0.15, 0.2) is 0 Å². The van der Waals surface area contributed by atoms with Crippen molar-refractivity contribution in [2.45, 2.75) is 33.1 Å². The normalized spacial score (nSPS) is 11.8. The molecule has 0 atom stereocenters. The van der Waals surface area contributed by atoms with Crippen molar-refractivity contribution in [3.8, 4) is 0 Å². The van der Waals surface area contributed by atoms with Crippen molar-refractivity contribution in [3.05, 3.63) is 45.2 Å². The molecule has 1 heterocycles. The molecule has 4 nitrogen and oxygen atoms in total. The summed E-state index contributed by atoms with van der Waals surface area (Å²) in [6.07, 6.45) is 0. The molecule has 0 aliphatic heterocycles. The Labute approximate surface area is 117 Å². The van der Waals surface area contributed by atoms with Crippen LogP contribution in [0.4, 0.5) is 0 Å². The molecule has 0 aliphatic carbocycles. The maximum atomic E-state index is 12.5. The summed E-state index contributed by atoms with van der Waals surface area (Å²) in [6.45, 7) is 7.06. The minimum atomic E-state index is -1.21. The number of aryl methyl sites for hydroxylation is 3. The second-order valence-electron chi connectivity index (χ2n) is 5.87. The van der Waals surface area contributed by atoms with Gasteiger partial charge in [-0.15, -0.1) is 0 Å². The topological polar surface area (TPSA) is 59.3 Å². The Bertz CT molecular complexity index is 769. The number of benzene rings is 1. The van der Waals surface area contributed by atoms with Crippen molar-refractivity contribution in [1.82, 2.24) is 4.57 Å². The molecule has 4 heteroatoms. The summed E-state index contributed by atoms with van der Waals surface area (Å²) in [6, 6.07) is 5.70. The molecule has 0 aliphatic rings. The van der Waals surface area contributed by atoms with Gasteiger partial charge in [-0.1, -0.05) is 6.07 Å². The molecule has 0 spiro atoms. The molecule has 0 fully saturated rings. The van der Waals surface area contributed by atoms with Gasteiger partial charge in [0, 0.05) is 18.0 Å². The molecular formula is C16H19NO3. The molecule has 0 saturated carbocycles. The number of aromatic nitrogens is 1. The molecule has 0 saturated heterocycles. The van der Waals surface area contributed by atoms with Crippen LogP contribution in [0.15, 0.2) is 23.0 Å². The van der Waals surface area contributed by atoms with E-state index in [-0.39, 0.29) is 5.56 Å². The smallest absolute Gasteiger partial charge is 0.313 e. The highest BCUT2D eigenvalue weighted by Crippen LogP contribution is 2.26. The second kappa shape index (κ2) is 4.47. The van der Waals surface area contributed by atoms with Crippen LogP contribution < -0.4 is 5.56 Å². The summed E-state index contributed by atoms with van der Waals surface area (Å²) in [5.74, 6) is -1.00. The van der Waals surface area contributed by atoms with E-state index in [1.165, 1.54) is 4.57 Å². The van der Waals surface area contributed by atoms with E-state index < -0.39 is 11.4 Å². The lowest BCUT2D eigenvalue weighted by Crippen LogP contribution is -2.37. The Balaban J connectivity index is 2.95. The van der Waals surface area contributed by atoms with Crippen LogP contribution in [0.1, 0.15) is 30.5 Å². The van der Waals surface area contributed by atoms with Crippen LogP contribution in [0.25, 0.3) is 10.9 Å². The van der Waals surface area contributed by atoms with Crippen LogP contribution in [-0.2, 0) is 17.3 Å². The van der Waals surface area contributed by atoms with Gasteiger partial charge in [0.1, 0.15) is 0 Å². The minimum absolute atomic E-state index is 0.255. The Hall–Kier alpha value is -2.10. The zero-order chi connectivity index (χ0) is 15.2. The highest BCUT2D eigenvalue weighted by atomic mass is 16.4. The van der Waals surface area contributed by atoms with E-state index in [9.17, 15) is 14.7 Å². The molecule has 1 aromatic carbocycles. The summed E-state index contributed by atoms with van der Waals surface area (Å²) in [4.78, 5) is 23.9. The first kappa shape index (κ1) is 14.3. The largest absolute Gasteiger partial charge is 0.481 e. The van der Waals surface area contributed by atoms with E-state index in [4.69, 9.17) is 0 Å². The van der Waals surface area contributed by atoms with Crippen LogP contribution in [0.2, 0.25) is 0 Å². The zero-order valence-corrected chi connectivity index (χ0v) is 12.4. The lowest BCUT2D eigenvalue weighted by Gasteiger charge is -2.21. The summed E-state index contributed by atoms with van der Waals surface area (Å²) in [5, 5.41) is 10.3. The third-order valence-corrected chi connectivity index (χ3v) is 3.90. The van der Waals surface area contributed by atoms with Gasteiger partial charge in [-0.3, -0.25) is 9.59 Å². The van der Waals surface area contributed by atoms with E-state index in [1.54, 1.807) is 27.0 Å². The SMILES string of the molecule is Cc1cc(C)c2cc(C(C)(C)C(=O)O)c(=O)n(C)c2c1. The van der Waals surface area contributed by atoms with Gasteiger partial charge in [0.2, 0.25) is 0 Å². The van der Waals surface area contributed by atoms with E-state index in [0.717, 1.165) is 22.0 Å². The van der Waals surface area contributed by atoms with Gasteiger partial charge in [-0.05, 0) is 51.0 Å². The zero-order valence-electron chi connectivity index (χ0n) is 12.4. The lowest BCUT2D eigenvalue weighted by atomic mass is 9.84. The van der Waals surface area contributed by atoms with E-state index >= 15 is 0 Å². The van der Waals surface area contributed by atoms with Gasteiger partial charge in [-0.2, -0.15) is 0 Å². The van der Waals surface area contributed by atoms with Gasteiger partial charge in [-0.25, -0.2) is 0 Å². The molecule has 0 radical (unpaired) electrons. The van der Waals surface area contributed by atoms with Crippen LogP contribution in [0, 0.1) is 13.8 Å². The summed E-state index contributed by atoms with van der Waals surface area (Å²) in [7, 11) is 1.69. The Kier molecular flexibility index (Phi) is 3.20. The molecular weight excluding hydrogens is 254 g/mol. The van der Waals surface area contributed by atoms with Crippen LogP contribution >= 0.6 is 0 Å². The maximum absolute atomic E-state index is 12.5. The van der Waals surface area contributed by atoms with Gasteiger partial charge < -0.3 is 9.67 Å². The third kappa shape index (κ3) is 2.01. The molecule has 0 amide bonds. The first-order chi connectivity index (χ1) is 9.16. The van der Waals surface area contributed by atoms with Crippen molar-refractivity contribution >= 4 is 16.9 Å². The first-order valence-corrected chi connectivity index (χ1v) is 6.51.